The number of hydrogen-bond donors (Lipinski definition) is 8. The monoisotopic (exact) mass is 510 g/mol. The second kappa shape index (κ2) is 14.4. The minimum atomic E-state index is -1.33. The number of carbonyl (C=O) groups excluding carboxylic acids is 5. The first kappa shape index (κ1) is 30.0. The lowest BCUT2D eigenvalue weighted by Crippen LogP contribution is -2.58. The maximum Gasteiger partial charge on any atom is 0.326 e. The Morgan fingerprint density at radius 2 is 1.53 bits per heavy atom. The zero-order chi connectivity index (χ0) is 27.4. The van der Waals surface area contributed by atoms with Gasteiger partial charge in [-0.05, 0) is 18.8 Å². The van der Waals surface area contributed by atoms with Crippen LogP contribution < -0.4 is 33.2 Å². The van der Waals surface area contributed by atoms with Crippen LogP contribution in [0.25, 0.3) is 0 Å². The van der Waals surface area contributed by atoms with E-state index in [2.05, 4.69) is 25.9 Å². The number of carbonyl (C=O) groups is 6. The summed E-state index contributed by atoms with van der Waals surface area (Å²) < 4.78 is 0. The summed E-state index contributed by atoms with van der Waals surface area (Å²) in [6.07, 6.45) is 1.86. The molecule has 4 unspecified atom stereocenters. The smallest absolute Gasteiger partial charge is 0.326 e. The molecule has 5 amide bonds. The van der Waals surface area contributed by atoms with E-state index in [-0.39, 0.29) is 31.6 Å². The van der Waals surface area contributed by atoms with Gasteiger partial charge in [-0.3, -0.25) is 24.0 Å². The quantitative estimate of drug-likeness (QED) is 0.112. The number of amides is 5. The van der Waals surface area contributed by atoms with Crippen LogP contribution in [0.15, 0.2) is 12.5 Å². The van der Waals surface area contributed by atoms with Crippen molar-refractivity contribution < 1.29 is 33.9 Å². The third-order valence-electron chi connectivity index (χ3n) is 5.00. The second-order valence-corrected chi connectivity index (χ2v) is 8.71. The Labute approximate surface area is 207 Å². The molecule has 15 heteroatoms. The van der Waals surface area contributed by atoms with Gasteiger partial charge in [-0.2, -0.15) is 0 Å². The summed E-state index contributed by atoms with van der Waals surface area (Å²) in [6.45, 7) is 3.56. The summed E-state index contributed by atoms with van der Waals surface area (Å²) in [5, 5.41) is 16.6. The lowest BCUT2D eigenvalue weighted by molar-refractivity contribution is -0.143. The van der Waals surface area contributed by atoms with Gasteiger partial charge < -0.3 is 43.2 Å². The Bertz CT molecular complexity index is 935. The van der Waals surface area contributed by atoms with E-state index in [4.69, 9.17) is 17.2 Å². The molecule has 0 aromatic carbocycles. The average molecular weight is 511 g/mol. The van der Waals surface area contributed by atoms with Gasteiger partial charge in [0.15, 0.2) is 0 Å². The molecule has 0 saturated heterocycles. The highest BCUT2D eigenvalue weighted by atomic mass is 16.4. The van der Waals surface area contributed by atoms with Crippen molar-refractivity contribution in [2.75, 3.05) is 0 Å². The summed E-state index contributed by atoms with van der Waals surface area (Å²) >= 11 is 0. The van der Waals surface area contributed by atoms with Crippen molar-refractivity contribution in [2.24, 2.45) is 23.1 Å². The number of aromatic amines is 1. The van der Waals surface area contributed by atoms with Gasteiger partial charge in [-0.15, -0.1) is 0 Å². The molecule has 0 aliphatic rings. The van der Waals surface area contributed by atoms with Crippen molar-refractivity contribution in [2.45, 2.75) is 70.1 Å². The highest BCUT2D eigenvalue weighted by Crippen LogP contribution is 2.08. The molecule has 1 aromatic rings. The van der Waals surface area contributed by atoms with Crippen molar-refractivity contribution in [1.82, 2.24) is 25.9 Å². The average Bonchev–Trinajstić information content (AvgIpc) is 3.27. The fraction of sp³-hybridized carbons (Fsp3) is 0.571. The van der Waals surface area contributed by atoms with Gasteiger partial charge in [0, 0.05) is 24.7 Å². The largest absolute Gasteiger partial charge is 0.480 e. The summed E-state index contributed by atoms with van der Waals surface area (Å²) in [7, 11) is 0. The van der Waals surface area contributed by atoms with Crippen molar-refractivity contribution in [1.29, 1.82) is 0 Å². The van der Waals surface area contributed by atoms with E-state index in [1.165, 1.54) is 12.5 Å². The van der Waals surface area contributed by atoms with Crippen LogP contribution in [0.5, 0.6) is 0 Å². The third kappa shape index (κ3) is 10.9. The molecular weight excluding hydrogens is 476 g/mol. The van der Waals surface area contributed by atoms with Crippen LogP contribution in [0.3, 0.4) is 0 Å². The standard InChI is InChI=1S/C21H34N8O7/c1-10(2)5-15(21(35)36)29-19(33)13(3-4-16(23)30)27-20(34)14(6-11-8-25-9-26-11)28-18(32)12(22)7-17(24)31/h8-10,12-15H,3-7,22H2,1-2H3,(H2,23,30)(H2,24,31)(H,25,26)(H,27,34)(H,28,32)(H,29,33)(H,35,36). The third-order valence-corrected chi connectivity index (χ3v) is 5.00. The number of aromatic nitrogens is 2. The first-order valence-electron chi connectivity index (χ1n) is 11.2. The topological polar surface area (TPSA) is 265 Å². The number of imidazole rings is 1. The van der Waals surface area contributed by atoms with Crippen molar-refractivity contribution in [3.8, 4) is 0 Å². The van der Waals surface area contributed by atoms with Crippen LogP contribution in [-0.2, 0) is 35.2 Å². The fourth-order valence-electron chi connectivity index (χ4n) is 3.21. The zero-order valence-electron chi connectivity index (χ0n) is 20.2. The predicted octanol–water partition coefficient (Wildman–Crippen LogP) is -2.99. The Morgan fingerprint density at radius 3 is 2.03 bits per heavy atom. The molecule has 0 saturated carbocycles. The number of nitrogens with two attached hydrogens (primary N) is 3. The molecule has 15 nitrogen and oxygen atoms in total. The Balaban J connectivity index is 3.09. The Morgan fingerprint density at radius 1 is 0.944 bits per heavy atom. The van der Waals surface area contributed by atoms with Gasteiger partial charge >= 0.3 is 5.97 Å². The number of H-pyrrole nitrogens is 1. The molecule has 4 atom stereocenters. The van der Waals surface area contributed by atoms with Gasteiger partial charge in [-0.1, -0.05) is 13.8 Å². The van der Waals surface area contributed by atoms with E-state index in [1.54, 1.807) is 13.8 Å². The molecule has 0 bridgehead atoms. The van der Waals surface area contributed by atoms with E-state index in [0.29, 0.717) is 5.69 Å². The highest BCUT2D eigenvalue weighted by Gasteiger charge is 2.31. The first-order chi connectivity index (χ1) is 16.8. The number of aliphatic carboxylic acids is 1. The van der Waals surface area contributed by atoms with E-state index < -0.39 is 66.1 Å². The number of carboxylic acids is 1. The molecule has 11 N–H and O–H groups in total. The maximum absolute atomic E-state index is 13.1. The van der Waals surface area contributed by atoms with E-state index >= 15 is 0 Å². The van der Waals surface area contributed by atoms with Crippen LogP contribution in [0.1, 0.15) is 45.2 Å². The lowest BCUT2D eigenvalue weighted by atomic mass is 10.0. The van der Waals surface area contributed by atoms with Crippen LogP contribution in [0.2, 0.25) is 0 Å². The molecule has 0 radical (unpaired) electrons. The van der Waals surface area contributed by atoms with Gasteiger partial charge in [0.05, 0.1) is 18.8 Å². The van der Waals surface area contributed by atoms with Crippen LogP contribution in [0.4, 0.5) is 0 Å². The zero-order valence-corrected chi connectivity index (χ0v) is 20.2. The van der Waals surface area contributed by atoms with Crippen LogP contribution >= 0.6 is 0 Å². The summed E-state index contributed by atoms with van der Waals surface area (Å²) in [4.78, 5) is 79.0. The van der Waals surface area contributed by atoms with Gasteiger partial charge in [0.2, 0.25) is 29.5 Å². The molecule has 1 heterocycles. The summed E-state index contributed by atoms with van der Waals surface area (Å²) in [5.74, 6) is -5.37. The first-order valence-corrected chi connectivity index (χ1v) is 11.2. The molecule has 1 aromatic heterocycles. The molecule has 36 heavy (non-hydrogen) atoms. The molecule has 0 aliphatic carbocycles. The number of carboxylic acid groups (broad SMARTS) is 1. The summed E-state index contributed by atoms with van der Waals surface area (Å²) in [6, 6.07) is -5.15. The lowest BCUT2D eigenvalue weighted by Gasteiger charge is -2.25. The maximum atomic E-state index is 13.1. The normalized spacial score (nSPS) is 14.2. The molecule has 0 fully saturated rings. The Kier molecular flexibility index (Phi) is 12.0. The van der Waals surface area contributed by atoms with E-state index in [0.717, 1.165) is 0 Å². The van der Waals surface area contributed by atoms with E-state index in [1.807, 2.05) is 0 Å². The number of rotatable bonds is 16. The van der Waals surface area contributed by atoms with Gasteiger partial charge in [0.1, 0.15) is 18.1 Å². The molecule has 1 rings (SSSR count). The summed E-state index contributed by atoms with van der Waals surface area (Å²) in [5.41, 5.74) is 16.4. The molecule has 0 spiro atoms. The van der Waals surface area contributed by atoms with Crippen molar-refractivity contribution >= 4 is 35.5 Å². The second-order valence-electron chi connectivity index (χ2n) is 8.71. The number of nitrogens with zero attached hydrogens (tertiary/aromatic N) is 1. The van der Waals surface area contributed by atoms with Crippen molar-refractivity contribution in [3.63, 3.8) is 0 Å². The number of nitrogens with one attached hydrogen (secondary N) is 4. The molecule has 200 valence electrons. The number of hydrogen-bond acceptors (Lipinski definition) is 8. The van der Waals surface area contributed by atoms with Crippen LogP contribution in [0, 0.1) is 5.92 Å². The minimum Gasteiger partial charge on any atom is -0.480 e. The van der Waals surface area contributed by atoms with Gasteiger partial charge in [0.25, 0.3) is 0 Å². The highest BCUT2D eigenvalue weighted by molar-refractivity contribution is 5.95. The predicted molar refractivity (Wildman–Crippen MR) is 125 cm³/mol. The van der Waals surface area contributed by atoms with Crippen LogP contribution in [-0.4, -0.2) is 74.7 Å². The molecule has 0 aliphatic heterocycles. The number of primary amides is 2. The minimum absolute atomic E-state index is 0.0522. The molecular formula is C21H34N8O7. The SMILES string of the molecule is CC(C)CC(NC(=O)C(CCC(N)=O)NC(=O)C(Cc1cnc[nH]1)NC(=O)C(N)CC(N)=O)C(=O)O. The van der Waals surface area contributed by atoms with Crippen molar-refractivity contribution in [3.05, 3.63) is 18.2 Å². The van der Waals surface area contributed by atoms with E-state index in [9.17, 15) is 33.9 Å². The fourth-order valence-corrected chi connectivity index (χ4v) is 3.21. The Hall–Kier alpha value is -4.01. The van der Waals surface area contributed by atoms with Gasteiger partial charge in [-0.25, -0.2) is 9.78 Å².